The van der Waals surface area contributed by atoms with Gasteiger partial charge in [0.15, 0.2) is 5.13 Å². The number of carbonyl (C=O) groups excluding carboxylic acids is 1. The van der Waals surface area contributed by atoms with E-state index in [1.165, 1.54) is 11.1 Å². The number of thiazole rings is 1. The Bertz CT molecular complexity index is 1690. The largest absolute Gasteiger partial charge is 0.332 e. The lowest BCUT2D eigenvalue weighted by molar-refractivity contribution is 0.0955. The maximum atomic E-state index is 12.8. The molecule has 0 saturated carbocycles. The number of aromatic nitrogens is 2. The maximum Gasteiger partial charge on any atom is 0.271 e. The molecule has 0 atom stereocenters. The van der Waals surface area contributed by atoms with Crippen LogP contribution in [0.15, 0.2) is 89.3 Å². The van der Waals surface area contributed by atoms with Gasteiger partial charge in [0.1, 0.15) is 0 Å². The zero-order chi connectivity index (χ0) is 29.1. The van der Waals surface area contributed by atoms with Gasteiger partial charge in [0.25, 0.3) is 5.91 Å². The van der Waals surface area contributed by atoms with Gasteiger partial charge >= 0.3 is 0 Å². The number of hydrogen-bond donors (Lipinski definition) is 2. The zero-order valence-corrected chi connectivity index (χ0v) is 25.1. The summed E-state index contributed by atoms with van der Waals surface area (Å²) in [6.45, 7) is 12.8. The number of benzene rings is 3. The molecule has 5 aromatic rings. The molecule has 0 radical (unpaired) electrons. The summed E-state index contributed by atoms with van der Waals surface area (Å²) in [6.07, 6.45) is 1.70. The molecule has 208 valence electrons. The number of hydrogen-bond acceptors (Lipinski definition) is 5. The van der Waals surface area contributed by atoms with Crippen molar-refractivity contribution in [3.8, 4) is 16.9 Å². The van der Waals surface area contributed by atoms with Crippen LogP contribution in [0.4, 0.5) is 10.8 Å². The van der Waals surface area contributed by atoms with Crippen molar-refractivity contribution in [1.82, 2.24) is 15.0 Å². The highest BCUT2D eigenvalue weighted by Gasteiger charge is 2.15. The molecular formula is C34H35N5OS. The molecule has 0 saturated heterocycles. The Hall–Kier alpha value is -4.49. The van der Waals surface area contributed by atoms with Crippen molar-refractivity contribution in [1.29, 1.82) is 0 Å². The number of aryl methyl sites for hydroxylation is 2. The highest BCUT2D eigenvalue weighted by molar-refractivity contribution is 7.14. The van der Waals surface area contributed by atoms with Gasteiger partial charge in [-0.3, -0.25) is 4.79 Å². The van der Waals surface area contributed by atoms with E-state index in [4.69, 9.17) is 4.98 Å². The Morgan fingerprint density at radius 2 is 1.61 bits per heavy atom. The van der Waals surface area contributed by atoms with Crippen LogP contribution in [-0.2, 0) is 5.41 Å². The summed E-state index contributed by atoms with van der Waals surface area (Å²) in [4.78, 5) is 17.4. The molecule has 5 rings (SSSR count). The van der Waals surface area contributed by atoms with Gasteiger partial charge in [0, 0.05) is 44.8 Å². The van der Waals surface area contributed by atoms with E-state index >= 15 is 0 Å². The predicted molar refractivity (Wildman–Crippen MR) is 171 cm³/mol. The summed E-state index contributed by atoms with van der Waals surface area (Å²) >= 11 is 1.54. The molecule has 2 aromatic heterocycles. The maximum absolute atomic E-state index is 12.8. The van der Waals surface area contributed by atoms with Crippen molar-refractivity contribution in [3.63, 3.8) is 0 Å². The molecule has 41 heavy (non-hydrogen) atoms. The lowest BCUT2D eigenvalue weighted by atomic mass is 9.87. The first-order valence-corrected chi connectivity index (χ1v) is 14.5. The van der Waals surface area contributed by atoms with E-state index in [2.05, 4.69) is 104 Å². The molecule has 2 heterocycles. The Morgan fingerprint density at radius 1 is 0.927 bits per heavy atom. The van der Waals surface area contributed by atoms with Crippen LogP contribution in [-0.4, -0.2) is 21.7 Å². The Morgan fingerprint density at radius 3 is 2.27 bits per heavy atom. The third-order valence-corrected chi connectivity index (χ3v) is 7.84. The first-order valence-electron chi connectivity index (χ1n) is 13.6. The number of nitrogens with zero attached hydrogens (tertiary/aromatic N) is 3. The second-order valence-electron chi connectivity index (χ2n) is 11.3. The van der Waals surface area contributed by atoms with Crippen molar-refractivity contribution in [2.24, 2.45) is 5.10 Å². The van der Waals surface area contributed by atoms with Gasteiger partial charge in [0.05, 0.1) is 11.9 Å². The normalized spacial score (nSPS) is 11.7. The van der Waals surface area contributed by atoms with E-state index in [0.29, 0.717) is 5.56 Å². The zero-order valence-electron chi connectivity index (χ0n) is 24.3. The van der Waals surface area contributed by atoms with Crippen LogP contribution < -0.4 is 10.7 Å². The average Bonchev–Trinajstić information content (AvgIpc) is 3.53. The van der Waals surface area contributed by atoms with E-state index in [1.54, 1.807) is 29.7 Å². The standard InChI is InChI=1S/C34H35N5OS/c1-22-7-15-29(16-8-22)36-33-37-31(21-41-33)25-9-11-26(12-10-25)32(40)38-35-20-27-19-23(2)39(24(27)3)30-17-13-28(14-18-30)34(4,5)6/h7-21H,1-6H3,(H,36,37)(H,38,40)/b35-20-. The molecule has 1 amide bonds. The van der Waals surface area contributed by atoms with E-state index < -0.39 is 0 Å². The van der Waals surface area contributed by atoms with E-state index in [9.17, 15) is 4.79 Å². The van der Waals surface area contributed by atoms with Gasteiger partial charge in [-0.25, -0.2) is 10.4 Å². The SMILES string of the molecule is Cc1ccc(Nc2nc(-c3ccc(C(=O)N/N=C\c4cc(C)n(-c5ccc(C(C)(C)C)cc5)c4C)cc3)cs2)cc1. The Kier molecular flexibility index (Phi) is 7.90. The molecule has 0 fully saturated rings. The van der Waals surface area contributed by atoms with Crippen LogP contribution >= 0.6 is 11.3 Å². The van der Waals surface area contributed by atoms with Crippen LogP contribution in [0.1, 0.15) is 59.2 Å². The highest BCUT2D eigenvalue weighted by Crippen LogP contribution is 2.28. The molecule has 3 aromatic carbocycles. The average molecular weight is 562 g/mol. The lowest BCUT2D eigenvalue weighted by Crippen LogP contribution is -2.17. The van der Waals surface area contributed by atoms with Gasteiger partial charge in [-0.05, 0) is 74.2 Å². The van der Waals surface area contributed by atoms with Crippen LogP contribution in [0.25, 0.3) is 16.9 Å². The molecule has 0 unspecified atom stereocenters. The first-order chi connectivity index (χ1) is 19.6. The fourth-order valence-corrected chi connectivity index (χ4v) is 5.41. The lowest BCUT2D eigenvalue weighted by Gasteiger charge is -2.20. The van der Waals surface area contributed by atoms with Crippen LogP contribution in [0, 0.1) is 20.8 Å². The van der Waals surface area contributed by atoms with Crippen molar-refractivity contribution in [2.75, 3.05) is 5.32 Å². The topological polar surface area (TPSA) is 71.3 Å². The smallest absolute Gasteiger partial charge is 0.271 e. The summed E-state index contributed by atoms with van der Waals surface area (Å²) < 4.78 is 2.20. The Labute approximate surface area is 245 Å². The minimum atomic E-state index is -0.264. The number of nitrogens with one attached hydrogen (secondary N) is 2. The Balaban J connectivity index is 1.22. The number of hydrazone groups is 1. The van der Waals surface area contributed by atoms with Gasteiger partial charge in [-0.2, -0.15) is 5.10 Å². The van der Waals surface area contributed by atoms with Gasteiger partial charge in [-0.1, -0.05) is 62.7 Å². The second kappa shape index (κ2) is 11.6. The summed E-state index contributed by atoms with van der Waals surface area (Å²) in [5.74, 6) is -0.264. The van der Waals surface area contributed by atoms with E-state index in [-0.39, 0.29) is 11.3 Å². The van der Waals surface area contributed by atoms with Crippen molar-refractivity contribution >= 4 is 34.3 Å². The first kappa shape index (κ1) is 28.1. The molecule has 6 nitrogen and oxygen atoms in total. The molecule has 0 spiro atoms. The monoisotopic (exact) mass is 561 g/mol. The van der Waals surface area contributed by atoms with Crippen molar-refractivity contribution in [2.45, 2.75) is 47.0 Å². The second-order valence-corrected chi connectivity index (χ2v) is 12.1. The summed E-state index contributed by atoms with van der Waals surface area (Å²) in [5, 5.41) is 10.4. The summed E-state index contributed by atoms with van der Waals surface area (Å²) in [5.41, 5.74) is 12.9. The van der Waals surface area contributed by atoms with Crippen molar-refractivity contribution in [3.05, 3.63) is 118 Å². The van der Waals surface area contributed by atoms with Gasteiger partial charge < -0.3 is 9.88 Å². The fourth-order valence-electron chi connectivity index (χ4n) is 4.67. The molecular weight excluding hydrogens is 526 g/mol. The fraction of sp³-hybridized carbons (Fsp3) is 0.206. The quantitative estimate of drug-likeness (QED) is 0.155. The highest BCUT2D eigenvalue weighted by atomic mass is 32.1. The molecule has 0 aliphatic rings. The van der Waals surface area contributed by atoms with Crippen molar-refractivity contribution < 1.29 is 4.79 Å². The summed E-state index contributed by atoms with van der Waals surface area (Å²) in [6, 6.07) is 26.3. The predicted octanol–water partition coefficient (Wildman–Crippen LogP) is 8.33. The number of anilines is 2. The molecule has 7 heteroatoms. The third-order valence-electron chi connectivity index (χ3n) is 7.08. The number of rotatable bonds is 7. The van der Waals surface area contributed by atoms with Gasteiger partial charge in [0.2, 0.25) is 0 Å². The number of carbonyl (C=O) groups is 1. The number of amides is 1. The molecule has 0 bridgehead atoms. The molecule has 0 aliphatic heterocycles. The van der Waals surface area contributed by atoms with Crippen LogP contribution in [0.2, 0.25) is 0 Å². The minimum Gasteiger partial charge on any atom is -0.332 e. The van der Waals surface area contributed by atoms with Crippen LogP contribution in [0.3, 0.4) is 0 Å². The molecule has 2 N–H and O–H groups in total. The van der Waals surface area contributed by atoms with E-state index in [1.807, 2.05) is 29.6 Å². The summed E-state index contributed by atoms with van der Waals surface area (Å²) in [7, 11) is 0. The minimum absolute atomic E-state index is 0.110. The van der Waals surface area contributed by atoms with Gasteiger partial charge in [-0.15, -0.1) is 11.3 Å². The molecule has 0 aliphatic carbocycles. The van der Waals surface area contributed by atoms with E-state index in [0.717, 1.165) is 44.7 Å². The van der Waals surface area contributed by atoms with Crippen LogP contribution in [0.5, 0.6) is 0 Å². The third kappa shape index (κ3) is 6.47.